The molecule has 1 fully saturated rings. The molecule has 2 aromatic carbocycles. The zero-order valence-electron chi connectivity index (χ0n) is 11.1. The molecule has 3 aliphatic rings. The number of hydrogen-bond donors (Lipinski definition) is 0. The highest BCUT2D eigenvalue weighted by molar-refractivity contribution is 5.57. The third kappa shape index (κ3) is 1.04. The molecule has 0 aliphatic heterocycles. The van der Waals surface area contributed by atoms with Gasteiger partial charge in [0.15, 0.2) is 0 Å². The van der Waals surface area contributed by atoms with Crippen LogP contribution in [-0.4, -0.2) is 0 Å². The Hall–Kier alpha value is -1.56. The quantitative estimate of drug-likeness (QED) is 0.656. The van der Waals surface area contributed by atoms with Crippen molar-refractivity contribution in [2.75, 3.05) is 0 Å². The van der Waals surface area contributed by atoms with Crippen molar-refractivity contribution in [1.82, 2.24) is 0 Å². The third-order valence-corrected chi connectivity index (χ3v) is 6.01. The van der Waals surface area contributed by atoms with Crippen molar-refractivity contribution in [3.63, 3.8) is 0 Å². The van der Waals surface area contributed by atoms with Gasteiger partial charge in [-0.15, -0.1) is 0 Å². The predicted octanol–water partition coefficient (Wildman–Crippen LogP) is 4.11. The Morgan fingerprint density at radius 1 is 0.684 bits per heavy atom. The van der Waals surface area contributed by atoms with E-state index in [0.29, 0.717) is 5.41 Å². The van der Waals surface area contributed by atoms with Gasteiger partial charge < -0.3 is 0 Å². The molecule has 1 spiro atoms. The van der Waals surface area contributed by atoms with Gasteiger partial charge in [0.05, 0.1) is 0 Å². The standard InChI is InChI=1S/C19H18/c1-3-7-17-13(5-1)11-15-9-10-16-12-14-6-2-4-8-18(14)19(15,16)17/h1-8,15-16H,9-12H2/t15-,16-,19?/m0/s1. The predicted molar refractivity (Wildman–Crippen MR) is 77.3 cm³/mol. The summed E-state index contributed by atoms with van der Waals surface area (Å²) in [6.07, 6.45) is 5.46. The van der Waals surface area contributed by atoms with Gasteiger partial charge >= 0.3 is 0 Å². The van der Waals surface area contributed by atoms with Crippen LogP contribution in [0.15, 0.2) is 48.5 Å². The van der Waals surface area contributed by atoms with Crippen LogP contribution in [0.4, 0.5) is 0 Å². The fraction of sp³-hybridized carbons (Fsp3) is 0.368. The van der Waals surface area contributed by atoms with Gasteiger partial charge in [-0.2, -0.15) is 0 Å². The van der Waals surface area contributed by atoms with E-state index in [1.165, 1.54) is 25.7 Å². The lowest BCUT2D eigenvalue weighted by Gasteiger charge is -2.32. The van der Waals surface area contributed by atoms with Gasteiger partial charge in [-0.25, -0.2) is 0 Å². The van der Waals surface area contributed by atoms with Gasteiger partial charge in [0.25, 0.3) is 0 Å². The average molecular weight is 246 g/mol. The van der Waals surface area contributed by atoms with Crippen LogP contribution in [0.3, 0.4) is 0 Å². The first-order valence-corrected chi connectivity index (χ1v) is 7.57. The van der Waals surface area contributed by atoms with Gasteiger partial charge in [0.2, 0.25) is 0 Å². The summed E-state index contributed by atoms with van der Waals surface area (Å²) < 4.78 is 0. The summed E-state index contributed by atoms with van der Waals surface area (Å²) in [7, 11) is 0. The van der Waals surface area contributed by atoms with Crippen LogP contribution in [0.1, 0.15) is 35.1 Å². The number of benzene rings is 2. The van der Waals surface area contributed by atoms with Gasteiger partial charge in [-0.3, -0.25) is 0 Å². The first-order chi connectivity index (χ1) is 9.40. The van der Waals surface area contributed by atoms with E-state index in [9.17, 15) is 0 Å². The Kier molecular flexibility index (Phi) is 1.78. The van der Waals surface area contributed by atoms with Crippen molar-refractivity contribution in [2.45, 2.75) is 31.1 Å². The second-order valence-electron chi connectivity index (χ2n) is 6.56. The first-order valence-electron chi connectivity index (χ1n) is 7.57. The minimum Gasteiger partial charge on any atom is -0.0620 e. The molecular weight excluding hydrogens is 228 g/mol. The maximum absolute atomic E-state index is 2.41. The van der Waals surface area contributed by atoms with Crippen molar-refractivity contribution in [3.05, 3.63) is 70.8 Å². The second kappa shape index (κ2) is 3.30. The Bertz CT molecular complexity index is 608. The summed E-state index contributed by atoms with van der Waals surface area (Å²) in [6, 6.07) is 18.5. The Morgan fingerprint density at radius 3 is 1.68 bits per heavy atom. The van der Waals surface area contributed by atoms with E-state index in [-0.39, 0.29) is 0 Å². The van der Waals surface area contributed by atoms with Crippen LogP contribution in [-0.2, 0) is 18.3 Å². The summed E-state index contributed by atoms with van der Waals surface area (Å²) in [5, 5.41) is 0. The molecule has 0 N–H and O–H groups in total. The Labute approximate surface area is 114 Å². The van der Waals surface area contributed by atoms with Crippen LogP contribution in [0.25, 0.3) is 0 Å². The van der Waals surface area contributed by atoms with Crippen LogP contribution in [0.5, 0.6) is 0 Å². The molecule has 0 amide bonds. The van der Waals surface area contributed by atoms with Crippen LogP contribution in [0, 0.1) is 11.8 Å². The average Bonchev–Trinajstić information content (AvgIpc) is 3.05. The molecule has 2 aromatic rings. The van der Waals surface area contributed by atoms with Gasteiger partial charge in [0, 0.05) is 5.41 Å². The molecular formula is C19H18. The molecule has 0 saturated heterocycles. The topological polar surface area (TPSA) is 0 Å². The minimum atomic E-state index is 0.382. The summed E-state index contributed by atoms with van der Waals surface area (Å²) >= 11 is 0. The van der Waals surface area contributed by atoms with Crippen LogP contribution in [0.2, 0.25) is 0 Å². The molecule has 1 saturated carbocycles. The summed E-state index contributed by atoms with van der Waals surface area (Å²) in [5.74, 6) is 1.72. The van der Waals surface area contributed by atoms with E-state index < -0.39 is 0 Å². The van der Waals surface area contributed by atoms with E-state index in [1.807, 2.05) is 0 Å². The molecule has 0 nitrogen and oxygen atoms in total. The minimum absolute atomic E-state index is 0.382. The molecule has 0 aromatic heterocycles. The number of hydrogen-bond acceptors (Lipinski definition) is 0. The molecule has 0 bridgehead atoms. The second-order valence-corrected chi connectivity index (χ2v) is 6.56. The van der Waals surface area contributed by atoms with E-state index in [2.05, 4.69) is 48.5 Å². The van der Waals surface area contributed by atoms with Gasteiger partial charge in [0.1, 0.15) is 0 Å². The van der Waals surface area contributed by atoms with Gasteiger partial charge in [-0.05, 0) is 59.8 Å². The third-order valence-electron chi connectivity index (χ3n) is 6.01. The van der Waals surface area contributed by atoms with Crippen molar-refractivity contribution in [1.29, 1.82) is 0 Å². The van der Waals surface area contributed by atoms with Crippen molar-refractivity contribution in [2.24, 2.45) is 11.8 Å². The van der Waals surface area contributed by atoms with E-state index >= 15 is 0 Å². The smallest absolute Gasteiger partial charge is 0.0270 e. The molecule has 0 heterocycles. The lowest BCUT2D eigenvalue weighted by molar-refractivity contribution is 0.349. The lowest BCUT2D eigenvalue weighted by Crippen LogP contribution is -2.31. The van der Waals surface area contributed by atoms with Crippen LogP contribution >= 0.6 is 0 Å². The summed E-state index contributed by atoms with van der Waals surface area (Å²) in [5.41, 5.74) is 6.94. The monoisotopic (exact) mass is 246 g/mol. The maximum atomic E-state index is 2.41. The van der Waals surface area contributed by atoms with Crippen molar-refractivity contribution < 1.29 is 0 Å². The molecule has 94 valence electrons. The normalized spacial score (nSPS) is 33.7. The molecule has 0 heteroatoms. The summed E-state index contributed by atoms with van der Waals surface area (Å²) in [6.45, 7) is 0. The summed E-state index contributed by atoms with van der Waals surface area (Å²) in [4.78, 5) is 0. The highest BCUT2D eigenvalue weighted by Gasteiger charge is 2.59. The van der Waals surface area contributed by atoms with E-state index in [1.54, 1.807) is 22.3 Å². The Morgan fingerprint density at radius 2 is 1.16 bits per heavy atom. The zero-order chi connectivity index (χ0) is 12.4. The molecule has 3 aliphatic carbocycles. The highest BCUT2D eigenvalue weighted by Crippen LogP contribution is 2.64. The molecule has 2 atom stereocenters. The fourth-order valence-corrected chi connectivity index (χ4v) is 5.48. The SMILES string of the molecule is c1ccc2c(c1)C[C@@H]1CC[C@H]3Cc4ccccc4C213. The number of rotatable bonds is 0. The maximum Gasteiger partial charge on any atom is 0.0270 e. The Balaban J connectivity index is 1.86. The zero-order valence-corrected chi connectivity index (χ0v) is 11.1. The van der Waals surface area contributed by atoms with E-state index in [4.69, 9.17) is 0 Å². The van der Waals surface area contributed by atoms with E-state index in [0.717, 1.165) is 11.8 Å². The molecule has 5 rings (SSSR count). The molecule has 0 unspecified atom stereocenters. The van der Waals surface area contributed by atoms with Gasteiger partial charge in [-0.1, -0.05) is 48.5 Å². The first kappa shape index (κ1) is 10.3. The largest absolute Gasteiger partial charge is 0.0620 e. The van der Waals surface area contributed by atoms with Crippen molar-refractivity contribution >= 4 is 0 Å². The fourth-order valence-electron chi connectivity index (χ4n) is 5.48. The molecule has 0 radical (unpaired) electrons. The molecule has 19 heavy (non-hydrogen) atoms. The lowest BCUT2D eigenvalue weighted by atomic mass is 9.70. The highest BCUT2D eigenvalue weighted by atomic mass is 14.6. The van der Waals surface area contributed by atoms with Crippen LogP contribution < -0.4 is 0 Å². The van der Waals surface area contributed by atoms with Crippen molar-refractivity contribution in [3.8, 4) is 0 Å². The number of fused-ring (bicyclic) bond motifs is 2.